The molecular weight excluding hydrogens is 276 g/mol. The van der Waals surface area contributed by atoms with Crippen molar-refractivity contribution in [3.05, 3.63) is 21.1 Å². The van der Waals surface area contributed by atoms with E-state index in [-0.39, 0.29) is 11.4 Å². The zero-order valence-corrected chi connectivity index (χ0v) is 8.48. The van der Waals surface area contributed by atoms with Gasteiger partial charge in [-0.05, 0) is 44.0 Å². The van der Waals surface area contributed by atoms with Crippen LogP contribution in [0.4, 0.5) is 0 Å². The molecule has 0 spiro atoms. The Bertz CT molecular complexity index is 287. The quantitative estimate of drug-likeness (QED) is 0.399. The van der Waals surface area contributed by atoms with Gasteiger partial charge in [0.15, 0.2) is 0 Å². The second kappa shape index (κ2) is 3.32. The first-order valence-corrected chi connectivity index (χ1v) is 4.30. The van der Waals surface area contributed by atoms with Crippen molar-refractivity contribution in [2.75, 3.05) is 0 Å². The van der Waals surface area contributed by atoms with Crippen LogP contribution in [0.25, 0.3) is 0 Å². The fourth-order valence-corrected chi connectivity index (χ4v) is 1.37. The maximum absolute atomic E-state index is 8.48. The van der Waals surface area contributed by atoms with Crippen LogP contribution < -0.4 is 0 Å². The topological polar surface area (TPSA) is 56.4 Å². The summed E-state index contributed by atoms with van der Waals surface area (Å²) < 4.78 is 1.21. The van der Waals surface area contributed by atoms with Gasteiger partial charge in [0.25, 0.3) is 0 Å². The molecule has 2 N–H and O–H groups in total. The highest BCUT2D eigenvalue weighted by molar-refractivity contribution is 9.12. The summed E-state index contributed by atoms with van der Waals surface area (Å²) >= 11 is 6.29. The first-order chi connectivity index (χ1) is 5.16. The van der Waals surface area contributed by atoms with E-state index < -0.39 is 0 Å². The molecule has 58 valence electrons. The normalized spacial score (nSPS) is 21.6. The van der Waals surface area contributed by atoms with Crippen molar-refractivity contribution in [2.45, 2.75) is 0 Å². The molecule has 1 rings (SSSR count). The minimum atomic E-state index is 0.168. The number of oxime groups is 1. The lowest BCUT2D eigenvalue weighted by Gasteiger charge is -2.07. The van der Waals surface area contributed by atoms with E-state index in [1.165, 1.54) is 0 Å². The molecule has 11 heavy (non-hydrogen) atoms. The molecule has 0 radical (unpaired) electrons. The van der Waals surface area contributed by atoms with Crippen LogP contribution in [0.15, 0.2) is 26.3 Å². The summed E-state index contributed by atoms with van der Waals surface area (Å²) in [6, 6.07) is 0. The summed E-state index contributed by atoms with van der Waals surface area (Å²) in [5.74, 6) is 0. The van der Waals surface area contributed by atoms with Crippen LogP contribution >= 0.6 is 31.9 Å². The van der Waals surface area contributed by atoms with E-state index in [1.807, 2.05) is 0 Å². The van der Waals surface area contributed by atoms with Gasteiger partial charge >= 0.3 is 0 Å². The van der Waals surface area contributed by atoms with Crippen molar-refractivity contribution >= 4 is 43.3 Å². The summed E-state index contributed by atoms with van der Waals surface area (Å²) in [5, 5.41) is 18.8. The molecule has 0 amide bonds. The molecular formula is C6H4Br2N2O. The van der Waals surface area contributed by atoms with Gasteiger partial charge in [0.05, 0.1) is 5.71 Å². The van der Waals surface area contributed by atoms with Gasteiger partial charge in [-0.1, -0.05) is 5.16 Å². The maximum atomic E-state index is 8.48. The SMILES string of the molecule is N=C1C(Br)=CC=C(Br)/C1=N/O. The molecule has 1 aliphatic carbocycles. The lowest BCUT2D eigenvalue weighted by atomic mass is 10.1. The fraction of sp³-hybridized carbons (Fsp3) is 0. The van der Waals surface area contributed by atoms with Crippen molar-refractivity contribution in [1.82, 2.24) is 0 Å². The molecule has 0 atom stereocenters. The number of halogens is 2. The van der Waals surface area contributed by atoms with Crippen LogP contribution in [0.5, 0.6) is 0 Å². The average Bonchev–Trinajstić information content (AvgIpc) is 1.99. The first kappa shape index (κ1) is 8.67. The number of rotatable bonds is 0. The lowest BCUT2D eigenvalue weighted by Crippen LogP contribution is -2.15. The standard InChI is InChI=1S/C6H4Br2N2O/c7-3-1-2-4(8)6(10-11)5(3)9/h1-2,9,11H/b9-5?,10-6-. The van der Waals surface area contributed by atoms with Crippen LogP contribution in [0.2, 0.25) is 0 Å². The van der Waals surface area contributed by atoms with Crippen molar-refractivity contribution in [3.8, 4) is 0 Å². The maximum Gasteiger partial charge on any atom is 0.142 e. The van der Waals surface area contributed by atoms with E-state index in [0.29, 0.717) is 8.96 Å². The summed E-state index contributed by atoms with van der Waals surface area (Å²) in [5.41, 5.74) is 0.404. The summed E-state index contributed by atoms with van der Waals surface area (Å²) in [6.07, 6.45) is 3.41. The molecule has 0 unspecified atom stereocenters. The number of nitrogens with zero attached hydrogens (tertiary/aromatic N) is 1. The van der Waals surface area contributed by atoms with Crippen molar-refractivity contribution < 1.29 is 5.21 Å². The number of nitrogens with one attached hydrogen (secondary N) is 1. The second-order valence-electron chi connectivity index (χ2n) is 1.85. The van der Waals surface area contributed by atoms with Gasteiger partial charge in [-0.2, -0.15) is 0 Å². The van der Waals surface area contributed by atoms with Crippen LogP contribution in [-0.4, -0.2) is 16.6 Å². The van der Waals surface area contributed by atoms with E-state index in [0.717, 1.165) is 0 Å². The molecule has 3 nitrogen and oxygen atoms in total. The lowest BCUT2D eigenvalue weighted by molar-refractivity contribution is 0.320. The van der Waals surface area contributed by atoms with Gasteiger partial charge < -0.3 is 5.21 Å². The number of hydrogen-bond acceptors (Lipinski definition) is 3. The summed E-state index contributed by atoms with van der Waals surface area (Å²) in [4.78, 5) is 0. The Hall–Kier alpha value is -0.420. The van der Waals surface area contributed by atoms with Gasteiger partial charge in [-0.25, -0.2) is 0 Å². The highest BCUT2D eigenvalue weighted by Gasteiger charge is 2.17. The van der Waals surface area contributed by atoms with Crippen LogP contribution in [0.3, 0.4) is 0 Å². The molecule has 0 aliphatic heterocycles. The molecule has 0 aromatic rings. The average molecular weight is 280 g/mol. The number of allylic oxidation sites excluding steroid dienone is 4. The van der Waals surface area contributed by atoms with Crippen LogP contribution in [0.1, 0.15) is 0 Å². The number of hydrogen-bond donors (Lipinski definition) is 2. The van der Waals surface area contributed by atoms with E-state index in [2.05, 4.69) is 37.0 Å². The molecule has 0 fully saturated rings. The van der Waals surface area contributed by atoms with E-state index >= 15 is 0 Å². The third-order valence-corrected chi connectivity index (χ3v) is 2.48. The Morgan fingerprint density at radius 1 is 1.27 bits per heavy atom. The third kappa shape index (κ3) is 1.59. The summed E-state index contributed by atoms with van der Waals surface area (Å²) in [7, 11) is 0. The largest absolute Gasteiger partial charge is 0.410 e. The monoisotopic (exact) mass is 278 g/mol. The van der Waals surface area contributed by atoms with Gasteiger partial charge in [-0.15, -0.1) is 0 Å². The first-order valence-electron chi connectivity index (χ1n) is 2.71. The minimum Gasteiger partial charge on any atom is -0.410 e. The Labute approximate surface area is 80.2 Å². The molecule has 0 heterocycles. The Kier molecular flexibility index (Phi) is 2.62. The molecule has 0 saturated carbocycles. The van der Waals surface area contributed by atoms with Gasteiger partial charge in [-0.3, -0.25) is 5.41 Å². The van der Waals surface area contributed by atoms with E-state index in [9.17, 15) is 0 Å². The highest BCUT2D eigenvalue weighted by Crippen LogP contribution is 2.21. The smallest absolute Gasteiger partial charge is 0.142 e. The van der Waals surface area contributed by atoms with Gasteiger partial charge in [0.1, 0.15) is 5.71 Å². The Morgan fingerprint density at radius 2 is 1.82 bits per heavy atom. The second-order valence-corrected chi connectivity index (χ2v) is 3.56. The third-order valence-electron chi connectivity index (χ3n) is 1.18. The minimum absolute atomic E-state index is 0.168. The van der Waals surface area contributed by atoms with Gasteiger partial charge in [0.2, 0.25) is 0 Å². The van der Waals surface area contributed by atoms with Crippen molar-refractivity contribution in [3.63, 3.8) is 0 Å². The van der Waals surface area contributed by atoms with E-state index in [4.69, 9.17) is 10.6 Å². The molecule has 1 aliphatic rings. The fourth-order valence-electron chi connectivity index (χ4n) is 0.639. The van der Waals surface area contributed by atoms with Crippen molar-refractivity contribution in [2.24, 2.45) is 5.16 Å². The van der Waals surface area contributed by atoms with Crippen molar-refractivity contribution in [1.29, 1.82) is 5.41 Å². The molecule has 0 bridgehead atoms. The Morgan fingerprint density at radius 3 is 2.27 bits per heavy atom. The Balaban J connectivity index is 3.13. The van der Waals surface area contributed by atoms with Gasteiger partial charge in [0, 0.05) is 8.96 Å². The predicted octanol–water partition coefficient (Wildman–Crippen LogP) is 2.41. The van der Waals surface area contributed by atoms with E-state index in [1.54, 1.807) is 12.2 Å². The molecule has 5 heteroatoms. The predicted molar refractivity (Wildman–Crippen MR) is 51.0 cm³/mol. The zero-order chi connectivity index (χ0) is 8.43. The molecule has 0 aromatic heterocycles. The van der Waals surface area contributed by atoms with Crippen LogP contribution in [-0.2, 0) is 0 Å². The molecule has 0 aromatic carbocycles. The highest BCUT2D eigenvalue weighted by atomic mass is 79.9. The van der Waals surface area contributed by atoms with Crippen LogP contribution in [0, 0.1) is 5.41 Å². The summed E-state index contributed by atoms with van der Waals surface area (Å²) in [6.45, 7) is 0. The zero-order valence-electron chi connectivity index (χ0n) is 5.31. The molecule has 0 saturated heterocycles.